The van der Waals surface area contributed by atoms with Gasteiger partial charge in [-0.05, 0) is 36.1 Å². The highest BCUT2D eigenvalue weighted by Crippen LogP contribution is 2.17. The topological polar surface area (TPSA) is 49.3 Å². The van der Waals surface area contributed by atoms with Gasteiger partial charge in [-0.25, -0.2) is 4.39 Å². The molecule has 4 heteroatoms. The van der Waals surface area contributed by atoms with Gasteiger partial charge in [-0.1, -0.05) is 36.4 Å². The predicted octanol–water partition coefficient (Wildman–Crippen LogP) is 2.82. The minimum atomic E-state index is -0.249. The van der Waals surface area contributed by atoms with Crippen molar-refractivity contribution < 1.29 is 14.3 Å². The van der Waals surface area contributed by atoms with E-state index in [2.05, 4.69) is 5.32 Å². The standard InChI is InChI=1S/C17H18FNO2/c18-15-7-3-1-5-13(15)11-12-19-17(21)10-9-14-6-2-4-8-16(14)20/h1-8,20H,9-12H2,(H,19,21). The summed E-state index contributed by atoms with van der Waals surface area (Å²) in [5.74, 6) is -0.146. The molecular formula is C17H18FNO2. The number of benzene rings is 2. The average Bonchev–Trinajstić information content (AvgIpc) is 2.48. The van der Waals surface area contributed by atoms with E-state index in [1.54, 1.807) is 36.4 Å². The van der Waals surface area contributed by atoms with Crippen molar-refractivity contribution in [2.24, 2.45) is 0 Å². The highest BCUT2D eigenvalue weighted by Gasteiger charge is 2.06. The number of phenols is 1. The van der Waals surface area contributed by atoms with Gasteiger partial charge in [0.05, 0.1) is 0 Å². The molecule has 2 aromatic carbocycles. The number of amides is 1. The van der Waals surface area contributed by atoms with E-state index in [0.29, 0.717) is 31.4 Å². The van der Waals surface area contributed by atoms with Gasteiger partial charge in [0, 0.05) is 13.0 Å². The van der Waals surface area contributed by atoms with Crippen molar-refractivity contribution >= 4 is 5.91 Å². The zero-order valence-electron chi connectivity index (χ0n) is 11.7. The number of para-hydroxylation sites is 1. The van der Waals surface area contributed by atoms with E-state index in [1.165, 1.54) is 6.07 Å². The minimum Gasteiger partial charge on any atom is -0.508 e. The van der Waals surface area contributed by atoms with Crippen LogP contribution in [0.4, 0.5) is 4.39 Å². The van der Waals surface area contributed by atoms with Gasteiger partial charge in [-0.3, -0.25) is 4.79 Å². The zero-order chi connectivity index (χ0) is 15.1. The van der Waals surface area contributed by atoms with Crippen LogP contribution >= 0.6 is 0 Å². The summed E-state index contributed by atoms with van der Waals surface area (Å²) in [6, 6.07) is 13.5. The Labute approximate surface area is 123 Å². The molecule has 0 fully saturated rings. The molecule has 0 radical (unpaired) electrons. The van der Waals surface area contributed by atoms with Crippen molar-refractivity contribution in [2.75, 3.05) is 6.54 Å². The number of phenolic OH excluding ortho intramolecular Hbond substituents is 1. The van der Waals surface area contributed by atoms with Gasteiger partial charge in [0.2, 0.25) is 5.91 Å². The molecule has 0 heterocycles. The highest BCUT2D eigenvalue weighted by atomic mass is 19.1. The number of aryl methyl sites for hydroxylation is 1. The van der Waals surface area contributed by atoms with Crippen LogP contribution < -0.4 is 5.32 Å². The Morgan fingerprint density at radius 2 is 1.67 bits per heavy atom. The highest BCUT2D eigenvalue weighted by molar-refractivity contribution is 5.76. The van der Waals surface area contributed by atoms with Crippen molar-refractivity contribution in [3.8, 4) is 5.75 Å². The van der Waals surface area contributed by atoms with E-state index in [0.717, 1.165) is 5.56 Å². The number of halogens is 1. The molecule has 0 aromatic heterocycles. The van der Waals surface area contributed by atoms with Crippen LogP contribution in [-0.4, -0.2) is 17.6 Å². The lowest BCUT2D eigenvalue weighted by atomic mass is 10.1. The van der Waals surface area contributed by atoms with Crippen LogP contribution in [-0.2, 0) is 17.6 Å². The number of carbonyl (C=O) groups is 1. The fourth-order valence-corrected chi connectivity index (χ4v) is 2.10. The van der Waals surface area contributed by atoms with E-state index < -0.39 is 0 Å². The maximum Gasteiger partial charge on any atom is 0.220 e. The van der Waals surface area contributed by atoms with Crippen LogP contribution in [0.5, 0.6) is 5.75 Å². The minimum absolute atomic E-state index is 0.102. The average molecular weight is 287 g/mol. The number of nitrogens with one attached hydrogen (secondary N) is 1. The monoisotopic (exact) mass is 287 g/mol. The van der Waals surface area contributed by atoms with Crippen molar-refractivity contribution in [1.29, 1.82) is 0 Å². The summed E-state index contributed by atoms with van der Waals surface area (Å²) in [5, 5.41) is 12.4. The molecule has 2 N–H and O–H groups in total. The maximum atomic E-state index is 13.4. The number of aromatic hydroxyl groups is 1. The summed E-state index contributed by atoms with van der Waals surface area (Å²) in [6.07, 6.45) is 1.25. The first-order chi connectivity index (χ1) is 10.2. The van der Waals surface area contributed by atoms with Gasteiger partial charge in [-0.15, -0.1) is 0 Å². The lowest BCUT2D eigenvalue weighted by Crippen LogP contribution is -2.26. The summed E-state index contributed by atoms with van der Waals surface area (Å²) in [7, 11) is 0. The fraction of sp³-hybridized carbons (Fsp3) is 0.235. The molecule has 1 amide bonds. The van der Waals surface area contributed by atoms with E-state index in [1.807, 2.05) is 6.07 Å². The van der Waals surface area contributed by atoms with Gasteiger partial charge >= 0.3 is 0 Å². The van der Waals surface area contributed by atoms with E-state index in [9.17, 15) is 14.3 Å². The summed E-state index contributed by atoms with van der Waals surface area (Å²) in [5.41, 5.74) is 1.35. The molecule has 0 unspecified atom stereocenters. The number of rotatable bonds is 6. The molecule has 0 saturated heterocycles. The van der Waals surface area contributed by atoms with Crippen molar-refractivity contribution in [3.63, 3.8) is 0 Å². The third kappa shape index (κ3) is 4.60. The van der Waals surface area contributed by atoms with Crippen LogP contribution in [0.1, 0.15) is 17.5 Å². The molecular weight excluding hydrogens is 269 g/mol. The first-order valence-corrected chi connectivity index (χ1v) is 6.94. The second-order valence-electron chi connectivity index (χ2n) is 4.82. The van der Waals surface area contributed by atoms with Crippen molar-refractivity contribution in [1.82, 2.24) is 5.32 Å². The number of hydrogen-bond acceptors (Lipinski definition) is 2. The molecule has 0 saturated carbocycles. The lowest BCUT2D eigenvalue weighted by Gasteiger charge is -2.07. The molecule has 0 aliphatic heterocycles. The zero-order valence-corrected chi connectivity index (χ0v) is 11.7. The molecule has 3 nitrogen and oxygen atoms in total. The van der Waals surface area contributed by atoms with E-state index in [-0.39, 0.29) is 17.5 Å². The number of carbonyl (C=O) groups excluding carboxylic acids is 1. The number of hydrogen-bond donors (Lipinski definition) is 2. The first-order valence-electron chi connectivity index (χ1n) is 6.94. The molecule has 110 valence electrons. The largest absolute Gasteiger partial charge is 0.508 e. The second kappa shape index (κ2) is 7.43. The Balaban J connectivity index is 1.73. The first kappa shape index (κ1) is 15.0. The third-order valence-corrected chi connectivity index (χ3v) is 3.29. The lowest BCUT2D eigenvalue weighted by molar-refractivity contribution is -0.121. The molecule has 0 bridgehead atoms. The normalized spacial score (nSPS) is 10.3. The summed E-state index contributed by atoms with van der Waals surface area (Å²) >= 11 is 0. The Bertz CT molecular complexity index is 613. The molecule has 0 aliphatic carbocycles. The van der Waals surface area contributed by atoms with Gasteiger partial charge < -0.3 is 10.4 Å². The van der Waals surface area contributed by atoms with Crippen LogP contribution in [0.3, 0.4) is 0 Å². The third-order valence-electron chi connectivity index (χ3n) is 3.29. The summed E-state index contributed by atoms with van der Waals surface area (Å²) < 4.78 is 13.4. The fourth-order valence-electron chi connectivity index (χ4n) is 2.10. The Morgan fingerprint density at radius 3 is 2.38 bits per heavy atom. The predicted molar refractivity (Wildman–Crippen MR) is 79.5 cm³/mol. The second-order valence-corrected chi connectivity index (χ2v) is 4.82. The van der Waals surface area contributed by atoms with Gasteiger partial charge in [-0.2, -0.15) is 0 Å². The van der Waals surface area contributed by atoms with Crippen molar-refractivity contribution in [2.45, 2.75) is 19.3 Å². The smallest absolute Gasteiger partial charge is 0.220 e. The van der Waals surface area contributed by atoms with Crippen LogP contribution in [0, 0.1) is 5.82 Å². The Morgan fingerprint density at radius 1 is 1.00 bits per heavy atom. The molecule has 2 aromatic rings. The van der Waals surface area contributed by atoms with Gasteiger partial charge in [0.25, 0.3) is 0 Å². The van der Waals surface area contributed by atoms with Gasteiger partial charge in [0.1, 0.15) is 11.6 Å². The van der Waals surface area contributed by atoms with Crippen LogP contribution in [0.15, 0.2) is 48.5 Å². The summed E-state index contributed by atoms with van der Waals surface area (Å²) in [6.45, 7) is 0.403. The van der Waals surface area contributed by atoms with Crippen molar-refractivity contribution in [3.05, 3.63) is 65.5 Å². The van der Waals surface area contributed by atoms with E-state index >= 15 is 0 Å². The van der Waals surface area contributed by atoms with Crippen LogP contribution in [0.25, 0.3) is 0 Å². The maximum absolute atomic E-state index is 13.4. The van der Waals surface area contributed by atoms with Crippen LogP contribution in [0.2, 0.25) is 0 Å². The molecule has 0 atom stereocenters. The molecule has 21 heavy (non-hydrogen) atoms. The van der Waals surface area contributed by atoms with Gasteiger partial charge in [0.15, 0.2) is 0 Å². The quantitative estimate of drug-likeness (QED) is 0.858. The molecule has 0 aliphatic rings. The molecule has 2 rings (SSSR count). The Hall–Kier alpha value is -2.36. The summed E-state index contributed by atoms with van der Waals surface area (Å²) in [4.78, 5) is 11.7. The SMILES string of the molecule is O=C(CCc1ccccc1O)NCCc1ccccc1F. The Kier molecular flexibility index (Phi) is 5.32. The molecule has 0 spiro atoms. The van der Waals surface area contributed by atoms with E-state index in [4.69, 9.17) is 0 Å².